The maximum atomic E-state index is 5.17. The minimum absolute atomic E-state index is 0.0672. The van der Waals surface area contributed by atoms with Gasteiger partial charge in [0.05, 0.1) is 0 Å². The first kappa shape index (κ1) is 11.3. The van der Waals surface area contributed by atoms with Crippen LogP contribution in [-0.2, 0) is 10.8 Å². The summed E-state index contributed by atoms with van der Waals surface area (Å²) in [7, 11) is 0. The quantitative estimate of drug-likeness (QED) is 0.605. The van der Waals surface area contributed by atoms with Crippen LogP contribution in [0.5, 0.6) is 0 Å². The Kier molecular flexibility index (Phi) is 2.23. The van der Waals surface area contributed by atoms with Crippen LogP contribution < -0.4 is 0 Å². The van der Waals surface area contributed by atoms with E-state index in [4.69, 9.17) is 9.15 Å². The monoisotopic (exact) mass is 220 g/mol. The maximum Gasteiger partial charge on any atom is 0.229 e. The van der Waals surface area contributed by atoms with Gasteiger partial charge in [-0.2, -0.15) is 0 Å². The fourth-order valence-electron chi connectivity index (χ4n) is 2.13. The molecular weight excluding hydrogens is 200 g/mol. The second-order valence-electron chi connectivity index (χ2n) is 6.48. The van der Waals surface area contributed by atoms with Gasteiger partial charge in [0.2, 0.25) is 11.2 Å². The van der Waals surface area contributed by atoms with Gasteiger partial charge in [-0.3, -0.25) is 9.15 Å². The van der Waals surface area contributed by atoms with Crippen molar-refractivity contribution in [3.63, 3.8) is 0 Å². The van der Waals surface area contributed by atoms with Gasteiger partial charge in [0.15, 0.2) is 0 Å². The van der Waals surface area contributed by atoms with E-state index >= 15 is 0 Å². The largest absolute Gasteiger partial charge is 0.286 e. The van der Waals surface area contributed by atoms with E-state index in [0.717, 1.165) is 11.2 Å². The van der Waals surface area contributed by atoms with Gasteiger partial charge in [-0.05, 0) is 22.5 Å². The van der Waals surface area contributed by atoms with E-state index in [1.54, 1.807) is 0 Å². The van der Waals surface area contributed by atoms with Crippen molar-refractivity contribution in [2.24, 2.45) is 0 Å². The molecule has 2 nitrogen and oxygen atoms in total. The molecule has 0 bridgehead atoms. The molecule has 0 radical (unpaired) electrons. The zero-order valence-corrected chi connectivity index (χ0v) is 11.0. The van der Waals surface area contributed by atoms with E-state index in [-0.39, 0.29) is 10.8 Å². The van der Waals surface area contributed by atoms with Crippen LogP contribution in [0.25, 0.3) is 11.2 Å². The Hall–Kier alpha value is -1.18. The Bertz CT molecular complexity index is 501. The SMILES string of the molecule is CC(C)(C)c1ccc2ooc2c1C(C)(C)C. The van der Waals surface area contributed by atoms with Gasteiger partial charge in [0.1, 0.15) is 0 Å². The van der Waals surface area contributed by atoms with Crippen LogP contribution in [0.4, 0.5) is 0 Å². The first-order valence-electron chi connectivity index (χ1n) is 5.74. The third-order valence-electron chi connectivity index (χ3n) is 2.89. The second kappa shape index (κ2) is 3.16. The minimum atomic E-state index is 0.0672. The Morgan fingerprint density at radius 1 is 0.812 bits per heavy atom. The van der Waals surface area contributed by atoms with Gasteiger partial charge < -0.3 is 0 Å². The Labute approximate surface area is 96.5 Å². The van der Waals surface area contributed by atoms with Gasteiger partial charge in [-0.1, -0.05) is 47.6 Å². The highest BCUT2D eigenvalue weighted by Gasteiger charge is 2.30. The lowest BCUT2D eigenvalue weighted by Crippen LogP contribution is -2.22. The van der Waals surface area contributed by atoms with Crippen molar-refractivity contribution in [3.8, 4) is 0 Å². The number of fused-ring (bicyclic) bond motifs is 1. The molecule has 0 saturated carbocycles. The van der Waals surface area contributed by atoms with Crippen LogP contribution in [0.15, 0.2) is 21.3 Å². The van der Waals surface area contributed by atoms with Crippen molar-refractivity contribution < 1.29 is 9.15 Å². The summed E-state index contributed by atoms with van der Waals surface area (Å²) in [5.41, 5.74) is 4.57. The standard InChI is InChI=1S/C14H20O2/c1-13(2,3)9-7-8-10-12(16-15-10)11(9)14(4,5)6/h7-8H,1-6H3. The summed E-state index contributed by atoms with van der Waals surface area (Å²) in [4.78, 5) is 0. The summed E-state index contributed by atoms with van der Waals surface area (Å²) in [6.45, 7) is 13.3. The zero-order chi connectivity index (χ0) is 12.1. The molecule has 0 N–H and O–H groups in total. The van der Waals surface area contributed by atoms with Crippen molar-refractivity contribution >= 4 is 11.2 Å². The molecule has 1 aromatic heterocycles. The van der Waals surface area contributed by atoms with E-state index in [2.05, 4.69) is 47.6 Å². The summed E-state index contributed by atoms with van der Waals surface area (Å²) >= 11 is 0. The minimum Gasteiger partial charge on any atom is -0.286 e. The first-order valence-corrected chi connectivity index (χ1v) is 5.74. The highest BCUT2D eigenvalue weighted by Crippen LogP contribution is 2.39. The fraction of sp³-hybridized carbons (Fsp3) is 0.571. The predicted octanol–water partition coefficient (Wildman–Crippen LogP) is 4.62. The average molecular weight is 220 g/mol. The molecule has 0 aliphatic rings. The van der Waals surface area contributed by atoms with Crippen molar-refractivity contribution in [1.82, 2.24) is 0 Å². The molecule has 88 valence electrons. The predicted molar refractivity (Wildman–Crippen MR) is 65.9 cm³/mol. The van der Waals surface area contributed by atoms with E-state index in [1.165, 1.54) is 11.1 Å². The molecular formula is C14H20O2. The van der Waals surface area contributed by atoms with Gasteiger partial charge in [-0.25, -0.2) is 0 Å². The molecule has 0 unspecified atom stereocenters. The summed E-state index contributed by atoms with van der Waals surface area (Å²) in [5.74, 6) is 0. The molecule has 0 aliphatic heterocycles. The van der Waals surface area contributed by atoms with Crippen LogP contribution >= 0.6 is 0 Å². The molecule has 16 heavy (non-hydrogen) atoms. The van der Waals surface area contributed by atoms with Gasteiger partial charge in [-0.15, -0.1) is 0 Å². The van der Waals surface area contributed by atoms with Crippen LogP contribution in [0.3, 0.4) is 0 Å². The molecule has 1 heterocycles. The molecule has 2 aromatic rings. The Balaban J connectivity index is 2.75. The van der Waals surface area contributed by atoms with Crippen molar-refractivity contribution in [1.29, 1.82) is 0 Å². The molecule has 0 spiro atoms. The molecule has 1 aromatic carbocycles. The normalized spacial score (nSPS) is 13.6. The Morgan fingerprint density at radius 2 is 1.44 bits per heavy atom. The van der Waals surface area contributed by atoms with Crippen LogP contribution in [-0.4, -0.2) is 0 Å². The molecule has 2 heteroatoms. The average Bonchev–Trinajstić information content (AvgIpc) is 2.02. The molecule has 0 amide bonds. The third kappa shape index (κ3) is 1.66. The summed E-state index contributed by atoms with van der Waals surface area (Å²) in [6, 6.07) is 4.15. The summed E-state index contributed by atoms with van der Waals surface area (Å²) in [5, 5.41) is 0. The fourth-order valence-corrected chi connectivity index (χ4v) is 2.13. The highest BCUT2D eigenvalue weighted by atomic mass is 17.0. The topological polar surface area (TPSA) is 26.3 Å². The smallest absolute Gasteiger partial charge is 0.229 e. The molecule has 0 saturated heterocycles. The third-order valence-corrected chi connectivity index (χ3v) is 2.89. The van der Waals surface area contributed by atoms with E-state index < -0.39 is 0 Å². The van der Waals surface area contributed by atoms with Crippen LogP contribution in [0.1, 0.15) is 52.7 Å². The van der Waals surface area contributed by atoms with E-state index in [1.807, 2.05) is 6.07 Å². The van der Waals surface area contributed by atoms with Crippen LogP contribution in [0, 0.1) is 0 Å². The molecule has 0 atom stereocenters. The first-order chi connectivity index (χ1) is 7.21. The zero-order valence-electron chi connectivity index (χ0n) is 11.0. The molecule has 2 rings (SSSR count). The molecule has 0 aliphatic carbocycles. The lowest BCUT2D eigenvalue weighted by Gasteiger charge is -2.30. The lowest BCUT2D eigenvalue weighted by molar-refractivity contribution is 0.0570. The number of benzene rings is 1. The highest BCUT2D eigenvalue weighted by molar-refractivity contribution is 5.78. The lowest BCUT2D eigenvalue weighted by atomic mass is 9.75. The summed E-state index contributed by atoms with van der Waals surface area (Å²) < 4.78 is 10.1. The number of hydrogen-bond acceptors (Lipinski definition) is 2. The summed E-state index contributed by atoms with van der Waals surface area (Å²) in [6.07, 6.45) is 0. The molecule has 0 fully saturated rings. The Morgan fingerprint density at radius 3 is 1.81 bits per heavy atom. The van der Waals surface area contributed by atoms with Gasteiger partial charge in [0, 0.05) is 5.56 Å². The van der Waals surface area contributed by atoms with Crippen LogP contribution in [0.2, 0.25) is 0 Å². The van der Waals surface area contributed by atoms with Crippen molar-refractivity contribution in [2.45, 2.75) is 52.4 Å². The van der Waals surface area contributed by atoms with E-state index in [9.17, 15) is 0 Å². The van der Waals surface area contributed by atoms with Gasteiger partial charge in [0.25, 0.3) is 0 Å². The van der Waals surface area contributed by atoms with Gasteiger partial charge >= 0.3 is 0 Å². The number of rotatable bonds is 0. The van der Waals surface area contributed by atoms with Crippen molar-refractivity contribution in [2.75, 3.05) is 0 Å². The maximum absolute atomic E-state index is 5.17. The van der Waals surface area contributed by atoms with Crippen molar-refractivity contribution in [3.05, 3.63) is 23.3 Å². The number of hydrogen-bond donors (Lipinski definition) is 0. The van der Waals surface area contributed by atoms with E-state index in [0.29, 0.717) is 0 Å². The second-order valence-corrected chi connectivity index (χ2v) is 6.48.